The Morgan fingerprint density at radius 1 is 1.11 bits per heavy atom. The van der Waals surface area contributed by atoms with Crippen LogP contribution in [0.3, 0.4) is 0 Å². The maximum Gasteiger partial charge on any atom is 0.253 e. The number of nitrogens with one attached hydrogen (secondary N) is 1. The van der Waals surface area contributed by atoms with Gasteiger partial charge < -0.3 is 5.32 Å². The van der Waals surface area contributed by atoms with Crippen LogP contribution in [0.4, 0.5) is 0 Å². The Labute approximate surface area is 164 Å². The molecule has 0 spiro atoms. The molecule has 5 nitrogen and oxygen atoms in total. The van der Waals surface area contributed by atoms with Crippen LogP contribution in [0.2, 0.25) is 5.02 Å². The van der Waals surface area contributed by atoms with Crippen molar-refractivity contribution in [1.82, 2.24) is 20.3 Å². The molecule has 2 aromatic carbocycles. The molecule has 0 atom stereocenters. The topological polar surface area (TPSA) is 59.8 Å². The van der Waals surface area contributed by atoms with Crippen LogP contribution in [0.5, 0.6) is 0 Å². The van der Waals surface area contributed by atoms with Gasteiger partial charge in [-0.25, -0.2) is 0 Å². The first kappa shape index (κ1) is 19.4. The van der Waals surface area contributed by atoms with Gasteiger partial charge in [-0.15, -0.1) is 10.2 Å². The zero-order chi connectivity index (χ0) is 19.6. The lowest BCUT2D eigenvalue weighted by atomic mass is 10.1. The molecule has 27 heavy (non-hydrogen) atoms. The quantitative estimate of drug-likeness (QED) is 0.677. The summed E-state index contributed by atoms with van der Waals surface area (Å²) in [4.78, 5) is 14.1. The molecule has 0 radical (unpaired) electrons. The van der Waals surface area contributed by atoms with E-state index in [1.54, 1.807) is 16.9 Å². The number of hydrogen-bond donors (Lipinski definition) is 1. The van der Waals surface area contributed by atoms with Crippen molar-refractivity contribution in [1.29, 1.82) is 0 Å². The van der Waals surface area contributed by atoms with Crippen molar-refractivity contribution in [3.05, 3.63) is 52.5 Å². The lowest BCUT2D eigenvalue weighted by molar-refractivity contribution is 0.0920. The Bertz CT molecular complexity index is 955. The van der Waals surface area contributed by atoms with E-state index >= 15 is 0 Å². The average molecular weight is 385 g/mol. The van der Waals surface area contributed by atoms with E-state index < -0.39 is 0 Å². The number of fused-ring (bicyclic) bond motifs is 1. The molecule has 1 heterocycles. The van der Waals surface area contributed by atoms with Crippen LogP contribution in [0, 0.1) is 0 Å². The molecule has 3 aromatic rings. The molecule has 6 heteroatoms. The fourth-order valence-corrected chi connectivity index (χ4v) is 3.06. The van der Waals surface area contributed by atoms with Crippen molar-refractivity contribution < 1.29 is 4.79 Å². The molecular weight excluding hydrogens is 360 g/mol. The molecule has 1 amide bonds. The zero-order valence-corrected chi connectivity index (χ0v) is 17.0. The van der Waals surface area contributed by atoms with Gasteiger partial charge in [0.05, 0.1) is 16.3 Å². The lowest BCUT2D eigenvalue weighted by Crippen LogP contribution is -2.40. The van der Waals surface area contributed by atoms with Gasteiger partial charge in [0, 0.05) is 5.54 Å². The minimum atomic E-state index is -0.341. The van der Waals surface area contributed by atoms with Crippen LogP contribution in [0.1, 0.15) is 56.5 Å². The maximum absolute atomic E-state index is 12.5. The minimum Gasteiger partial charge on any atom is -0.347 e. The van der Waals surface area contributed by atoms with Crippen LogP contribution in [-0.2, 0) is 6.42 Å². The molecule has 0 saturated carbocycles. The highest BCUT2D eigenvalue weighted by Crippen LogP contribution is 2.23. The van der Waals surface area contributed by atoms with Gasteiger partial charge in [-0.1, -0.05) is 37.1 Å². The van der Waals surface area contributed by atoms with Gasteiger partial charge in [-0.05, 0) is 63.4 Å². The summed E-state index contributed by atoms with van der Waals surface area (Å²) in [6.45, 7) is 7.97. The number of benzene rings is 2. The van der Waals surface area contributed by atoms with E-state index in [9.17, 15) is 4.79 Å². The van der Waals surface area contributed by atoms with Crippen molar-refractivity contribution in [2.75, 3.05) is 0 Å². The number of aryl methyl sites for hydroxylation is 1. The highest BCUT2D eigenvalue weighted by Gasteiger charge is 2.19. The van der Waals surface area contributed by atoms with Crippen molar-refractivity contribution >= 4 is 28.5 Å². The Morgan fingerprint density at radius 2 is 1.74 bits per heavy atom. The van der Waals surface area contributed by atoms with E-state index in [0.29, 0.717) is 21.6 Å². The summed E-state index contributed by atoms with van der Waals surface area (Å²) in [6, 6.07) is 11.6. The SMILES string of the molecule is CCCCc1ccc(-n2nc3cc(Cl)c(C(=O)NC(C)(C)C)cc3n2)cc1. The highest BCUT2D eigenvalue weighted by atomic mass is 35.5. The predicted octanol–water partition coefficient (Wildman–Crippen LogP) is 4.94. The van der Waals surface area contributed by atoms with Crippen LogP contribution in [0.15, 0.2) is 36.4 Å². The Kier molecular flexibility index (Phi) is 5.51. The molecule has 0 aliphatic rings. The molecule has 0 fully saturated rings. The molecule has 0 aliphatic carbocycles. The molecule has 0 saturated heterocycles. The molecule has 142 valence electrons. The summed E-state index contributed by atoms with van der Waals surface area (Å²) in [5.41, 5.74) is 3.54. The van der Waals surface area contributed by atoms with E-state index in [1.807, 2.05) is 32.9 Å². The van der Waals surface area contributed by atoms with Gasteiger partial charge in [0.1, 0.15) is 11.0 Å². The van der Waals surface area contributed by atoms with E-state index in [1.165, 1.54) is 18.4 Å². The number of carbonyl (C=O) groups excluding carboxylic acids is 1. The molecule has 1 aromatic heterocycles. The Hall–Kier alpha value is -2.40. The van der Waals surface area contributed by atoms with Gasteiger partial charge in [0.15, 0.2) is 0 Å². The monoisotopic (exact) mass is 384 g/mol. The van der Waals surface area contributed by atoms with E-state index in [-0.39, 0.29) is 11.4 Å². The van der Waals surface area contributed by atoms with Crippen molar-refractivity contribution in [3.63, 3.8) is 0 Å². The summed E-state index contributed by atoms with van der Waals surface area (Å²) >= 11 is 6.31. The fraction of sp³-hybridized carbons (Fsp3) is 0.381. The third kappa shape index (κ3) is 4.66. The predicted molar refractivity (Wildman–Crippen MR) is 110 cm³/mol. The molecule has 3 rings (SSSR count). The van der Waals surface area contributed by atoms with Crippen LogP contribution in [0.25, 0.3) is 16.7 Å². The first-order valence-electron chi connectivity index (χ1n) is 9.25. The summed E-state index contributed by atoms with van der Waals surface area (Å²) in [5, 5.41) is 12.3. The van der Waals surface area contributed by atoms with Gasteiger partial charge in [0.25, 0.3) is 5.91 Å². The Balaban J connectivity index is 1.90. The zero-order valence-electron chi connectivity index (χ0n) is 16.2. The van der Waals surface area contributed by atoms with Crippen LogP contribution >= 0.6 is 11.6 Å². The number of aromatic nitrogens is 3. The molecule has 0 unspecified atom stereocenters. The second-order valence-corrected chi connectivity index (χ2v) is 8.19. The molecular formula is C21H25ClN4O. The minimum absolute atomic E-state index is 0.218. The smallest absolute Gasteiger partial charge is 0.253 e. The fourth-order valence-electron chi connectivity index (χ4n) is 2.81. The largest absolute Gasteiger partial charge is 0.347 e. The van der Waals surface area contributed by atoms with Crippen molar-refractivity contribution in [2.45, 2.75) is 52.5 Å². The lowest BCUT2D eigenvalue weighted by Gasteiger charge is -2.20. The number of halogens is 1. The van der Waals surface area contributed by atoms with Gasteiger partial charge in [-0.3, -0.25) is 4.79 Å². The van der Waals surface area contributed by atoms with E-state index in [0.717, 1.165) is 12.1 Å². The number of nitrogens with zero attached hydrogens (tertiary/aromatic N) is 3. The summed E-state index contributed by atoms with van der Waals surface area (Å²) in [6.07, 6.45) is 3.44. The van der Waals surface area contributed by atoms with Crippen molar-refractivity contribution in [3.8, 4) is 5.69 Å². The molecule has 0 bridgehead atoms. The van der Waals surface area contributed by atoms with E-state index in [2.05, 4.69) is 34.6 Å². The first-order chi connectivity index (χ1) is 12.8. The van der Waals surface area contributed by atoms with Gasteiger partial charge >= 0.3 is 0 Å². The molecule has 0 aliphatic heterocycles. The average Bonchev–Trinajstić information content (AvgIpc) is 3.01. The van der Waals surface area contributed by atoms with Gasteiger partial charge in [-0.2, -0.15) is 4.80 Å². The second kappa shape index (κ2) is 7.69. The summed E-state index contributed by atoms with van der Waals surface area (Å²) < 4.78 is 0. The molecule has 1 N–H and O–H groups in total. The number of unbranched alkanes of at least 4 members (excludes halogenated alkanes) is 1. The third-order valence-corrected chi connectivity index (χ3v) is 4.50. The van der Waals surface area contributed by atoms with Crippen LogP contribution in [-0.4, -0.2) is 26.4 Å². The second-order valence-electron chi connectivity index (χ2n) is 7.78. The first-order valence-corrected chi connectivity index (χ1v) is 9.63. The third-order valence-electron chi connectivity index (χ3n) is 4.19. The normalized spacial score (nSPS) is 11.7. The van der Waals surface area contributed by atoms with E-state index in [4.69, 9.17) is 11.6 Å². The Morgan fingerprint density at radius 3 is 2.33 bits per heavy atom. The summed E-state index contributed by atoms with van der Waals surface area (Å²) in [5.74, 6) is -0.218. The highest BCUT2D eigenvalue weighted by molar-refractivity contribution is 6.34. The number of rotatable bonds is 5. The number of amides is 1. The summed E-state index contributed by atoms with van der Waals surface area (Å²) in [7, 11) is 0. The maximum atomic E-state index is 12.5. The van der Waals surface area contributed by atoms with Gasteiger partial charge in [0.2, 0.25) is 0 Å². The van der Waals surface area contributed by atoms with Crippen LogP contribution < -0.4 is 5.32 Å². The van der Waals surface area contributed by atoms with Crippen molar-refractivity contribution in [2.24, 2.45) is 0 Å². The number of carbonyl (C=O) groups is 1. The standard InChI is InChI=1S/C21H25ClN4O/c1-5-6-7-14-8-10-15(11-9-14)26-24-18-12-16(17(22)13-19(18)25-26)20(27)23-21(2,3)4/h8-13H,5-7H2,1-4H3,(H,23,27). The number of hydrogen-bond acceptors (Lipinski definition) is 3.